The van der Waals surface area contributed by atoms with E-state index in [1.165, 1.54) is 18.2 Å². The number of rotatable bonds is 6. The Kier molecular flexibility index (Phi) is 7.77. The van der Waals surface area contributed by atoms with Crippen molar-refractivity contribution in [3.63, 3.8) is 0 Å². The first-order valence-electron chi connectivity index (χ1n) is 9.80. The molecule has 2 amide bonds. The van der Waals surface area contributed by atoms with Crippen LogP contribution < -0.4 is 5.32 Å². The molecule has 1 saturated heterocycles. The zero-order valence-electron chi connectivity index (χ0n) is 16.0. The molecule has 5 nitrogen and oxygen atoms in total. The zero-order chi connectivity index (χ0) is 20.1. The molecule has 2 aliphatic rings. The lowest BCUT2D eigenvalue weighted by molar-refractivity contribution is -0.131. The third-order valence-corrected chi connectivity index (χ3v) is 7.11. The van der Waals surface area contributed by atoms with Crippen molar-refractivity contribution in [2.45, 2.75) is 62.9 Å². The van der Waals surface area contributed by atoms with Crippen LogP contribution in [-0.2, 0) is 9.53 Å². The van der Waals surface area contributed by atoms with Gasteiger partial charge in [0.2, 0.25) is 5.91 Å². The lowest BCUT2D eigenvalue weighted by Gasteiger charge is -2.32. The number of nitrogens with one attached hydrogen (secondary N) is 1. The molecule has 2 atom stereocenters. The molecule has 1 aliphatic carbocycles. The fraction of sp³-hybridized carbons (Fsp3) is 0.600. The summed E-state index contributed by atoms with van der Waals surface area (Å²) in [5.41, 5.74) is 0.854. The van der Waals surface area contributed by atoms with Gasteiger partial charge in [-0.3, -0.25) is 4.79 Å². The van der Waals surface area contributed by atoms with E-state index in [1.807, 2.05) is 13.0 Å². The summed E-state index contributed by atoms with van der Waals surface area (Å²) >= 11 is 13.9. The van der Waals surface area contributed by atoms with Gasteiger partial charge in [0.15, 0.2) is 0 Å². The van der Waals surface area contributed by atoms with Crippen LogP contribution in [-0.4, -0.2) is 41.3 Å². The Balaban J connectivity index is 1.63. The van der Waals surface area contributed by atoms with Crippen molar-refractivity contribution >= 4 is 47.0 Å². The normalized spacial score (nSPS) is 21.6. The quantitative estimate of drug-likeness (QED) is 0.637. The highest BCUT2D eigenvalue weighted by Gasteiger charge is 2.38. The number of nitrogens with zero attached hydrogens (tertiary/aromatic N) is 1. The Hall–Kier alpha value is -1.11. The first-order chi connectivity index (χ1) is 13.5. The molecule has 3 rings (SSSR count). The van der Waals surface area contributed by atoms with Crippen molar-refractivity contribution in [2.24, 2.45) is 0 Å². The molecule has 1 N–H and O–H groups in total. The zero-order valence-corrected chi connectivity index (χ0v) is 18.3. The average Bonchev–Trinajstić information content (AvgIpc) is 3.04. The molecule has 1 saturated carbocycles. The first kappa shape index (κ1) is 21.6. The topological polar surface area (TPSA) is 58.6 Å². The summed E-state index contributed by atoms with van der Waals surface area (Å²) in [7, 11) is 0. The smallest absolute Gasteiger partial charge is 0.407 e. The van der Waals surface area contributed by atoms with Crippen molar-refractivity contribution in [1.82, 2.24) is 10.2 Å². The van der Waals surface area contributed by atoms with Gasteiger partial charge in [0.25, 0.3) is 0 Å². The van der Waals surface area contributed by atoms with Gasteiger partial charge in [0.1, 0.15) is 12.0 Å². The Labute approximate surface area is 180 Å². The van der Waals surface area contributed by atoms with E-state index in [9.17, 15) is 9.59 Å². The monoisotopic (exact) mass is 444 g/mol. The van der Waals surface area contributed by atoms with E-state index in [2.05, 4.69) is 5.32 Å². The molecule has 0 spiro atoms. The van der Waals surface area contributed by atoms with Crippen LogP contribution in [0.2, 0.25) is 10.0 Å². The van der Waals surface area contributed by atoms with Crippen LogP contribution in [0.3, 0.4) is 0 Å². The minimum absolute atomic E-state index is 0.0316. The lowest BCUT2D eigenvalue weighted by Crippen LogP contribution is -2.43. The fourth-order valence-corrected chi connectivity index (χ4v) is 5.66. The number of amides is 2. The van der Waals surface area contributed by atoms with Crippen LogP contribution in [0, 0.1) is 0 Å². The summed E-state index contributed by atoms with van der Waals surface area (Å²) in [5.74, 6) is 0.415. The van der Waals surface area contributed by atoms with Crippen molar-refractivity contribution in [3.8, 4) is 0 Å². The van der Waals surface area contributed by atoms with Gasteiger partial charge in [0.05, 0.1) is 11.8 Å². The summed E-state index contributed by atoms with van der Waals surface area (Å²) in [4.78, 5) is 26.6. The summed E-state index contributed by atoms with van der Waals surface area (Å²) in [5, 5.41) is 3.85. The first-order valence-corrected chi connectivity index (χ1v) is 11.6. The molecule has 0 aromatic heterocycles. The second kappa shape index (κ2) is 10.1. The minimum Gasteiger partial charge on any atom is -0.447 e. The third-order valence-electron chi connectivity index (χ3n) is 5.33. The van der Waals surface area contributed by atoms with Crippen LogP contribution in [0.15, 0.2) is 18.2 Å². The van der Waals surface area contributed by atoms with Crippen LogP contribution >= 0.6 is 35.0 Å². The number of halogens is 2. The number of alkyl carbamates (subject to hydrolysis) is 1. The van der Waals surface area contributed by atoms with Gasteiger partial charge in [-0.15, -0.1) is 11.8 Å². The second-order valence-corrected chi connectivity index (χ2v) is 9.18. The summed E-state index contributed by atoms with van der Waals surface area (Å²) in [6.45, 7) is 2.16. The highest BCUT2D eigenvalue weighted by molar-refractivity contribution is 8.00. The highest BCUT2D eigenvalue weighted by atomic mass is 35.5. The molecule has 28 heavy (non-hydrogen) atoms. The molecule has 1 aromatic rings. The van der Waals surface area contributed by atoms with Crippen LogP contribution in [0.25, 0.3) is 0 Å². The van der Waals surface area contributed by atoms with Gasteiger partial charge in [-0.2, -0.15) is 0 Å². The van der Waals surface area contributed by atoms with Gasteiger partial charge in [-0.1, -0.05) is 55.5 Å². The predicted molar refractivity (Wildman–Crippen MR) is 114 cm³/mol. The van der Waals surface area contributed by atoms with Crippen molar-refractivity contribution in [3.05, 3.63) is 33.8 Å². The predicted octanol–water partition coefficient (Wildman–Crippen LogP) is 5.40. The number of hydrogen-bond acceptors (Lipinski definition) is 4. The number of ether oxygens (including phenoxy) is 1. The van der Waals surface area contributed by atoms with Gasteiger partial charge >= 0.3 is 6.09 Å². The molecule has 8 heteroatoms. The van der Waals surface area contributed by atoms with Crippen LogP contribution in [0.5, 0.6) is 0 Å². The number of benzene rings is 1. The average molecular weight is 445 g/mol. The van der Waals surface area contributed by atoms with E-state index in [-0.39, 0.29) is 30.0 Å². The van der Waals surface area contributed by atoms with E-state index in [0.29, 0.717) is 22.2 Å². The van der Waals surface area contributed by atoms with E-state index in [4.69, 9.17) is 27.9 Å². The maximum absolute atomic E-state index is 12.6. The van der Waals surface area contributed by atoms with Crippen molar-refractivity contribution in [1.29, 1.82) is 0 Å². The summed E-state index contributed by atoms with van der Waals surface area (Å²) in [6.07, 6.45) is 5.82. The van der Waals surface area contributed by atoms with Crippen LogP contribution in [0.4, 0.5) is 4.79 Å². The molecule has 154 valence electrons. The molecule has 1 aromatic carbocycles. The summed E-state index contributed by atoms with van der Waals surface area (Å²) in [6, 6.07) is 5.33. The van der Waals surface area contributed by atoms with Crippen molar-refractivity contribution in [2.75, 3.05) is 12.4 Å². The molecular formula is C20H26Cl2N2O3S. The third kappa shape index (κ3) is 5.28. The lowest BCUT2D eigenvalue weighted by atomic mass is 9.96. The standard InChI is InChI=1S/C20H26Cl2N2O3S/c1-2-15(11-27-20(26)23-14-6-4-3-5-7-14)24-18(25)12-28-19(24)16-9-8-13(21)10-17(16)22/h8-10,14-15,19H,2-7,11-12H2,1H3,(H,23,26). The molecule has 2 unspecified atom stereocenters. The molecule has 0 bridgehead atoms. The maximum atomic E-state index is 12.6. The largest absolute Gasteiger partial charge is 0.447 e. The van der Waals surface area contributed by atoms with E-state index in [1.54, 1.807) is 17.0 Å². The Morgan fingerprint density at radius 2 is 2.07 bits per heavy atom. The van der Waals surface area contributed by atoms with Gasteiger partial charge in [0, 0.05) is 21.7 Å². The highest BCUT2D eigenvalue weighted by Crippen LogP contribution is 2.43. The van der Waals surface area contributed by atoms with Crippen LogP contribution in [0.1, 0.15) is 56.4 Å². The molecule has 2 fully saturated rings. The van der Waals surface area contributed by atoms with E-state index >= 15 is 0 Å². The minimum atomic E-state index is -0.397. The maximum Gasteiger partial charge on any atom is 0.407 e. The van der Waals surface area contributed by atoms with Gasteiger partial charge in [-0.25, -0.2) is 4.79 Å². The SMILES string of the molecule is CCC(COC(=O)NC1CCCCC1)N1C(=O)CSC1c1ccc(Cl)cc1Cl. The Morgan fingerprint density at radius 3 is 2.75 bits per heavy atom. The number of carbonyl (C=O) groups is 2. The molecule has 1 heterocycles. The second-order valence-electron chi connectivity index (χ2n) is 7.27. The Bertz CT molecular complexity index is 713. The molecular weight excluding hydrogens is 419 g/mol. The number of hydrogen-bond donors (Lipinski definition) is 1. The number of carbonyl (C=O) groups excluding carboxylic acids is 2. The summed E-state index contributed by atoms with van der Waals surface area (Å²) < 4.78 is 5.48. The molecule has 1 aliphatic heterocycles. The van der Waals surface area contributed by atoms with Gasteiger partial charge in [-0.05, 0) is 31.4 Å². The van der Waals surface area contributed by atoms with Gasteiger partial charge < -0.3 is 15.0 Å². The molecule has 0 radical (unpaired) electrons. The van der Waals surface area contributed by atoms with Crippen molar-refractivity contribution < 1.29 is 14.3 Å². The number of thioether (sulfide) groups is 1. The van der Waals surface area contributed by atoms with E-state index in [0.717, 1.165) is 31.2 Å². The van der Waals surface area contributed by atoms with E-state index < -0.39 is 6.09 Å². The Morgan fingerprint density at radius 1 is 1.32 bits per heavy atom. The fourth-order valence-electron chi connectivity index (χ4n) is 3.79.